The Morgan fingerprint density at radius 3 is 2.11 bits per heavy atom. The van der Waals surface area contributed by atoms with Gasteiger partial charge >= 0.3 is 0 Å². The summed E-state index contributed by atoms with van der Waals surface area (Å²) in [6.07, 6.45) is 0. The van der Waals surface area contributed by atoms with E-state index in [-0.39, 0.29) is 23.8 Å². The number of amides is 1. The van der Waals surface area contributed by atoms with Crippen molar-refractivity contribution in [3.05, 3.63) is 71.8 Å². The summed E-state index contributed by atoms with van der Waals surface area (Å²) in [5, 5.41) is 2.74. The van der Waals surface area contributed by atoms with E-state index >= 15 is 0 Å². The number of ether oxygens (including phenoxy) is 4. The summed E-state index contributed by atoms with van der Waals surface area (Å²) in [4.78, 5) is 12.8. The first-order chi connectivity index (χ1) is 18.2. The van der Waals surface area contributed by atoms with Crippen molar-refractivity contribution in [2.45, 2.75) is 25.7 Å². The van der Waals surface area contributed by atoms with Crippen molar-refractivity contribution in [3.8, 4) is 23.0 Å². The van der Waals surface area contributed by atoms with E-state index in [1.165, 1.54) is 32.4 Å². The van der Waals surface area contributed by atoms with E-state index in [1.807, 2.05) is 39.0 Å². The van der Waals surface area contributed by atoms with Gasteiger partial charge in [0.2, 0.25) is 5.91 Å². The van der Waals surface area contributed by atoms with Crippen LogP contribution in [0.5, 0.6) is 23.0 Å². The van der Waals surface area contributed by atoms with Gasteiger partial charge in [-0.1, -0.05) is 6.07 Å². The minimum absolute atomic E-state index is 0.0463. The number of hydrogen-bond acceptors (Lipinski definition) is 7. The third-order valence-corrected chi connectivity index (χ3v) is 7.32. The highest BCUT2D eigenvalue weighted by atomic mass is 32.2. The Bertz CT molecular complexity index is 1320. The molecule has 1 N–H and O–H groups in total. The molecule has 3 rings (SSSR count). The molecule has 0 atom stereocenters. The van der Waals surface area contributed by atoms with Crippen molar-refractivity contribution in [2.24, 2.45) is 0 Å². The van der Waals surface area contributed by atoms with Crippen LogP contribution in [0.25, 0.3) is 0 Å². The van der Waals surface area contributed by atoms with E-state index in [0.29, 0.717) is 29.5 Å². The number of nitrogens with zero attached hydrogens (tertiary/aromatic N) is 1. The molecule has 1 amide bonds. The number of carbonyl (C=O) groups is 1. The number of nitrogens with one attached hydrogen (secondary N) is 1. The van der Waals surface area contributed by atoms with Crippen LogP contribution in [0.15, 0.2) is 65.6 Å². The number of anilines is 1. The fraction of sp³-hybridized carbons (Fsp3) is 0.321. The second-order valence-corrected chi connectivity index (χ2v) is 10.3. The van der Waals surface area contributed by atoms with Crippen molar-refractivity contribution in [2.75, 3.05) is 44.8 Å². The van der Waals surface area contributed by atoms with Crippen LogP contribution >= 0.6 is 0 Å². The second kappa shape index (κ2) is 13.0. The molecule has 0 saturated heterocycles. The molecule has 0 aliphatic rings. The molecule has 0 aliphatic heterocycles. The van der Waals surface area contributed by atoms with Gasteiger partial charge in [-0.05, 0) is 80.4 Å². The molecule has 38 heavy (non-hydrogen) atoms. The van der Waals surface area contributed by atoms with E-state index < -0.39 is 22.5 Å². The van der Waals surface area contributed by atoms with E-state index in [1.54, 1.807) is 24.3 Å². The number of rotatable bonds is 13. The summed E-state index contributed by atoms with van der Waals surface area (Å²) in [7, 11) is -1.26. The lowest BCUT2D eigenvalue weighted by Gasteiger charge is -2.24. The summed E-state index contributed by atoms with van der Waals surface area (Å²) in [6, 6.07) is 16.7. The fourth-order valence-electron chi connectivity index (χ4n) is 3.86. The summed E-state index contributed by atoms with van der Waals surface area (Å²) < 4.78 is 50.2. The average molecular weight is 543 g/mol. The maximum Gasteiger partial charge on any atom is 0.264 e. The van der Waals surface area contributed by atoms with Crippen molar-refractivity contribution in [3.63, 3.8) is 0 Å². The summed E-state index contributed by atoms with van der Waals surface area (Å²) >= 11 is 0. The predicted octanol–water partition coefficient (Wildman–Crippen LogP) is 4.11. The molecule has 0 spiro atoms. The summed E-state index contributed by atoms with van der Waals surface area (Å²) in [5.41, 5.74) is 2.47. The fourth-order valence-corrected chi connectivity index (χ4v) is 5.29. The van der Waals surface area contributed by atoms with Gasteiger partial charge in [-0.3, -0.25) is 9.10 Å². The molecule has 0 aromatic heterocycles. The highest BCUT2D eigenvalue weighted by Gasteiger charge is 2.28. The first-order valence-electron chi connectivity index (χ1n) is 12.1. The van der Waals surface area contributed by atoms with Crippen molar-refractivity contribution in [1.82, 2.24) is 5.32 Å². The molecule has 0 radical (unpaired) electrons. The first-order valence-corrected chi connectivity index (χ1v) is 13.6. The third-order valence-electron chi connectivity index (χ3n) is 5.55. The third kappa shape index (κ3) is 7.32. The number of hydrogen-bond donors (Lipinski definition) is 1. The Kier molecular flexibility index (Phi) is 9.84. The molecule has 3 aromatic rings. The van der Waals surface area contributed by atoms with Crippen molar-refractivity contribution < 1.29 is 32.2 Å². The number of benzene rings is 3. The van der Waals surface area contributed by atoms with Crippen LogP contribution in [-0.2, 0) is 14.8 Å². The number of carbonyl (C=O) groups excluding carboxylic acids is 1. The standard InChI is InChI=1S/C28H34N2O7S/c1-6-36-23-9-7-22(8-10-23)30(38(32,33)25-11-12-26(34-4)27(18-25)35-5)19-28(31)29-13-14-37-24-16-20(2)15-21(3)17-24/h7-12,15-18H,6,13-14,19H2,1-5H3,(H,29,31). The van der Waals surface area contributed by atoms with E-state index in [2.05, 4.69) is 5.32 Å². The van der Waals surface area contributed by atoms with Crippen LogP contribution in [0.1, 0.15) is 18.1 Å². The molecule has 0 heterocycles. The first kappa shape index (κ1) is 28.6. The minimum atomic E-state index is -4.15. The summed E-state index contributed by atoms with van der Waals surface area (Å²) in [6.45, 7) is 6.30. The molecule has 0 saturated carbocycles. The Morgan fingerprint density at radius 2 is 1.50 bits per heavy atom. The molecule has 9 nitrogen and oxygen atoms in total. The van der Waals surface area contributed by atoms with Gasteiger partial charge in [0.15, 0.2) is 11.5 Å². The lowest BCUT2D eigenvalue weighted by Crippen LogP contribution is -2.41. The SMILES string of the molecule is CCOc1ccc(N(CC(=O)NCCOc2cc(C)cc(C)c2)S(=O)(=O)c2ccc(OC)c(OC)c2)cc1. The largest absolute Gasteiger partial charge is 0.494 e. The second-order valence-electron chi connectivity index (χ2n) is 8.48. The van der Waals surface area contributed by atoms with Crippen LogP contribution in [0, 0.1) is 13.8 Å². The molecular formula is C28H34N2O7S. The van der Waals surface area contributed by atoms with Gasteiger partial charge in [0.25, 0.3) is 10.0 Å². The van der Waals surface area contributed by atoms with Gasteiger partial charge < -0.3 is 24.3 Å². The van der Waals surface area contributed by atoms with Gasteiger partial charge in [-0.2, -0.15) is 0 Å². The van der Waals surface area contributed by atoms with Crippen LogP contribution in [0.3, 0.4) is 0 Å². The summed E-state index contributed by atoms with van der Waals surface area (Å²) in [5.74, 6) is 1.47. The normalized spacial score (nSPS) is 11.0. The maximum absolute atomic E-state index is 13.7. The Morgan fingerprint density at radius 1 is 0.842 bits per heavy atom. The molecular weight excluding hydrogens is 508 g/mol. The number of methoxy groups -OCH3 is 2. The minimum Gasteiger partial charge on any atom is -0.494 e. The molecule has 10 heteroatoms. The Hall–Kier alpha value is -3.92. The molecule has 204 valence electrons. The highest BCUT2D eigenvalue weighted by molar-refractivity contribution is 7.92. The van der Waals surface area contributed by atoms with Gasteiger partial charge in [0, 0.05) is 6.07 Å². The Labute approximate surface area is 224 Å². The molecule has 0 aliphatic carbocycles. The van der Waals surface area contributed by atoms with E-state index in [0.717, 1.165) is 15.4 Å². The van der Waals surface area contributed by atoms with Crippen LogP contribution in [0.2, 0.25) is 0 Å². The zero-order valence-corrected chi connectivity index (χ0v) is 23.1. The molecule has 0 fully saturated rings. The average Bonchev–Trinajstić information content (AvgIpc) is 2.89. The maximum atomic E-state index is 13.7. The quantitative estimate of drug-likeness (QED) is 0.324. The van der Waals surface area contributed by atoms with Crippen LogP contribution in [0.4, 0.5) is 5.69 Å². The van der Waals surface area contributed by atoms with Gasteiger partial charge in [0.05, 0.1) is 38.0 Å². The lowest BCUT2D eigenvalue weighted by atomic mass is 10.1. The van der Waals surface area contributed by atoms with Crippen molar-refractivity contribution in [1.29, 1.82) is 0 Å². The molecule has 3 aromatic carbocycles. The van der Waals surface area contributed by atoms with Crippen LogP contribution in [-0.4, -0.2) is 54.8 Å². The van der Waals surface area contributed by atoms with E-state index in [9.17, 15) is 13.2 Å². The highest BCUT2D eigenvalue weighted by Crippen LogP contribution is 2.32. The lowest BCUT2D eigenvalue weighted by molar-refractivity contribution is -0.119. The predicted molar refractivity (Wildman–Crippen MR) is 146 cm³/mol. The van der Waals surface area contributed by atoms with Gasteiger partial charge in [-0.25, -0.2) is 8.42 Å². The number of sulfonamides is 1. The van der Waals surface area contributed by atoms with Gasteiger partial charge in [-0.15, -0.1) is 0 Å². The zero-order chi connectivity index (χ0) is 27.7. The van der Waals surface area contributed by atoms with Crippen molar-refractivity contribution >= 4 is 21.6 Å². The monoisotopic (exact) mass is 542 g/mol. The topological polar surface area (TPSA) is 103 Å². The Balaban J connectivity index is 1.79. The zero-order valence-electron chi connectivity index (χ0n) is 22.3. The number of aryl methyl sites for hydroxylation is 2. The van der Waals surface area contributed by atoms with E-state index in [4.69, 9.17) is 18.9 Å². The smallest absolute Gasteiger partial charge is 0.264 e. The molecule has 0 bridgehead atoms. The van der Waals surface area contributed by atoms with Gasteiger partial charge in [0.1, 0.15) is 24.7 Å². The van der Waals surface area contributed by atoms with Crippen LogP contribution < -0.4 is 28.6 Å². The molecule has 0 unspecified atom stereocenters.